The van der Waals surface area contributed by atoms with Crippen molar-refractivity contribution in [1.82, 2.24) is 0 Å². The molecule has 0 aliphatic rings. The minimum absolute atomic E-state index is 0.162. The van der Waals surface area contributed by atoms with E-state index in [0.717, 1.165) is 24.3 Å². The minimum atomic E-state index is -5.77. The molecule has 0 saturated carbocycles. The summed E-state index contributed by atoms with van der Waals surface area (Å²) >= 11 is 0. The third-order valence-electron chi connectivity index (χ3n) is 5.93. The van der Waals surface area contributed by atoms with Crippen LogP contribution >= 0.6 is 0 Å². The van der Waals surface area contributed by atoms with Gasteiger partial charge in [0, 0.05) is 11.4 Å². The van der Waals surface area contributed by atoms with Gasteiger partial charge in [0.05, 0.1) is 22.7 Å². The second kappa shape index (κ2) is 9.61. The molecule has 0 aliphatic carbocycles. The van der Waals surface area contributed by atoms with Crippen LogP contribution in [-0.4, -0.2) is 12.4 Å². The van der Waals surface area contributed by atoms with E-state index in [1.807, 2.05) is 0 Å². The molecule has 0 saturated heterocycles. The zero-order chi connectivity index (χ0) is 26.8. The lowest BCUT2D eigenvalue weighted by Gasteiger charge is -2.38. The van der Waals surface area contributed by atoms with E-state index in [-0.39, 0.29) is 22.7 Å². The smallest absolute Gasteiger partial charge is 0.397 e. The normalized spacial score (nSPS) is 12.3. The van der Waals surface area contributed by atoms with Crippen LogP contribution in [0, 0.1) is 0 Å². The maximum absolute atomic E-state index is 14.6. The number of anilines is 6. The monoisotopic (exact) mass is 516 g/mol. The van der Waals surface area contributed by atoms with Crippen molar-refractivity contribution < 1.29 is 26.3 Å². The van der Waals surface area contributed by atoms with Gasteiger partial charge in [-0.1, -0.05) is 48.5 Å². The van der Waals surface area contributed by atoms with Crippen LogP contribution in [0.2, 0.25) is 0 Å². The summed E-state index contributed by atoms with van der Waals surface area (Å²) in [5.74, 6) is 0. The molecular weight excluding hydrogens is 494 g/mol. The molecule has 0 spiro atoms. The van der Waals surface area contributed by atoms with Crippen LogP contribution in [0.5, 0.6) is 0 Å². The number of hydrogen-bond acceptors (Lipinski definition) is 4. The molecule has 0 radical (unpaired) electrons. The molecule has 0 aromatic heterocycles. The average Bonchev–Trinajstić information content (AvgIpc) is 2.82. The van der Waals surface area contributed by atoms with Gasteiger partial charge in [0.2, 0.25) is 5.41 Å². The van der Waals surface area contributed by atoms with Gasteiger partial charge in [-0.3, -0.25) is 0 Å². The Bertz CT molecular complexity index is 1260. The van der Waals surface area contributed by atoms with Crippen molar-refractivity contribution in [2.75, 3.05) is 22.1 Å². The number of nitrogen functional groups attached to an aromatic ring is 2. The van der Waals surface area contributed by atoms with E-state index >= 15 is 0 Å². The molecule has 6 N–H and O–H groups in total. The van der Waals surface area contributed by atoms with Crippen molar-refractivity contribution in [1.29, 1.82) is 0 Å². The number of benzene rings is 4. The van der Waals surface area contributed by atoms with Gasteiger partial charge < -0.3 is 22.1 Å². The Labute approximate surface area is 208 Å². The first-order chi connectivity index (χ1) is 17.4. The summed E-state index contributed by atoms with van der Waals surface area (Å²) in [6, 6.07) is 22.2. The topological polar surface area (TPSA) is 76.1 Å². The van der Waals surface area contributed by atoms with E-state index in [1.165, 1.54) is 0 Å². The van der Waals surface area contributed by atoms with Crippen molar-refractivity contribution in [2.24, 2.45) is 0 Å². The summed E-state index contributed by atoms with van der Waals surface area (Å²) < 4.78 is 87.4. The molecule has 4 aromatic carbocycles. The van der Waals surface area contributed by atoms with E-state index < -0.39 is 28.9 Å². The van der Waals surface area contributed by atoms with E-state index in [9.17, 15) is 26.3 Å². The molecular formula is C27H22F6N4. The maximum atomic E-state index is 14.6. The SMILES string of the molecule is Nc1cc(C(c2ccc(Nc3ccccc3)c(N)c2)(C(F)(F)F)C(F)(F)F)ccc1Nc1ccccc1. The Morgan fingerprint density at radius 2 is 0.838 bits per heavy atom. The van der Waals surface area contributed by atoms with Crippen LogP contribution in [0.25, 0.3) is 0 Å². The summed E-state index contributed by atoms with van der Waals surface area (Å²) in [5, 5.41) is 5.78. The molecule has 0 aliphatic heterocycles. The maximum Gasteiger partial charge on any atom is 0.411 e. The minimum Gasteiger partial charge on any atom is -0.397 e. The van der Waals surface area contributed by atoms with Crippen molar-refractivity contribution >= 4 is 34.1 Å². The van der Waals surface area contributed by atoms with Crippen molar-refractivity contribution in [3.8, 4) is 0 Å². The highest BCUT2D eigenvalue weighted by Crippen LogP contribution is 2.57. The van der Waals surface area contributed by atoms with Crippen LogP contribution in [0.4, 0.5) is 60.5 Å². The van der Waals surface area contributed by atoms with E-state index in [1.54, 1.807) is 60.7 Å². The predicted octanol–water partition coefficient (Wildman–Crippen LogP) is 7.75. The third kappa shape index (κ3) is 4.87. The zero-order valence-corrected chi connectivity index (χ0v) is 19.2. The number of hydrogen-bond donors (Lipinski definition) is 4. The number of nitrogens with two attached hydrogens (primary N) is 2. The highest BCUT2D eigenvalue weighted by Gasteiger charge is 2.72. The molecule has 4 rings (SSSR count). The van der Waals surface area contributed by atoms with Gasteiger partial charge in [0.1, 0.15) is 0 Å². The van der Waals surface area contributed by atoms with Crippen LogP contribution in [0.15, 0.2) is 97.1 Å². The molecule has 0 amide bonds. The van der Waals surface area contributed by atoms with Crippen LogP contribution < -0.4 is 22.1 Å². The molecule has 0 unspecified atom stereocenters. The highest BCUT2D eigenvalue weighted by atomic mass is 19.4. The molecule has 37 heavy (non-hydrogen) atoms. The number of nitrogens with one attached hydrogen (secondary N) is 2. The molecule has 0 fully saturated rings. The molecule has 4 aromatic rings. The molecule has 192 valence electrons. The van der Waals surface area contributed by atoms with Crippen LogP contribution in [-0.2, 0) is 5.41 Å². The number of para-hydroxylation sites is 2. The van der Waals surface area contributed by atoms with Gasteiger partial charge in [-0.2, -0.15) is 26.3 Å². The van der Waals surface area contributed by atoms with Crippen LogP contribution in [0.3, 0.4) is 0 Å². The van der Waals surface area contributed by atoms with Crippen LogP contribution in [0.1, 0.15) is 11.1 Å². The summed E-state index contributed by atoms with van der Waals surface area (Å²) in [6.45, 7) is 0. The summed E-state index contributed by atoms with van der Waals surface area (Å²) in [5.41, 5.74) is 6.23. The van der Waals surface area contributed by atoms with Gasteiger partial charge >= 0.3 is 12.4 Å². The van der Waals surface area contributed by atoms with Crippen molar-refractivity contribution in [3.05, 3.63) is 108 Å². The van der Waals surface area contributed by atoms with Gasteiger partial charge in [-0.05, 0) is 59.7 Å². The molecule has 0 heterocycles. The number of halogens is 6. The quantitative estimate of drug-likeness (QED) is 0.156. The standard InChI is InChI=1S/C27H22F6N4/c28-26(29,30)25(27(31,32)33,17-11-13-23(21(34)15-17)36-19-7-3-1-4-8-19)18-12-14-24(22(35)16-18)37-20-9-5-2-6-10-20/h1-16,36-37H,34-35H2. The first-order valence-corrected chi connectivity index (χ1v) is 11.0. The Balaban J connectivity index is 1.83. The number of rotatable bonds is 6. The lowest BCUT2D eigenvalue weighted by molar-refractivity contribution is -0.288. The van der Waals surface area contributed by atoms with Crippen molar-refractivity contribution in [2.45, 2.75) is 17.8 Å². The fourth-order valence-electron chi connectivity index (χ4n) is 4.16. The second-order valence-electron chi connectivity index (χ2n) is 8.33. The van der Waals surface area contributed by atoms with E-state index in [2.05, 4.69) is 10.6 Å². The Morgan fingerprint density at radius 3 is 1.14 bits per heavy atom. The third-order valence-corrected chi connectivity index (χ3v) is 5.93. The largest absolute Gasteiger partial charge is 0.411 e. The Morgan fingerprint density at radius 1 is 0.486 bits per heavy atom. The fraction of sp³-hybridized carbons (Fsp3) is 0.111. The Hall–Kier alpha value is -4.34. The van der Waals surface area contributed by atoms with Gasteiger partial charge in [0.25, 0.3) is 0 Å². The summed E-state index contributed by atoms with van der Waals surface area (Å²) in [7, 11) is 0. The average molecular weight is 516 g/mol. The first kappa shape index (κ1) is 25.7. The van der Waals surface area contributed by atoms with Gasteiger partial charge in [-0.15, -0.1) is 0 Å². The summed E-state index contributed by atoms with van der Waals surface area (Å²) in [6.07, 6.45) is -11.5. The van der Waals surface area contributed by atoms with Crippen molar-refractivity contribution in [3.63, 3.8) is 0 Å². The highest BCUT2D eigenvalue weighted by molar-refractivity contribution is 5.76. The van der Waals surface area contributed by atoms with Gasteiger partial charge in [-0.25, -0.2) is 0 Å². The zero-order valence-electron chi connectivity index (χ0n) is 19.2. The molecule has 10 heteroatoms. The lowest BCUT2D eigenvalue weighted by Crippen LogP contribution is -2.54. The lowest BCUT2D eigenvalue weighted by atomic mass is 9.72. The first-order valence-electron chi connectivity index (χ1n) is 11.0. The fourth-order valence-corrected chi connectivity index (χ4v) is 4.16. The number of alkyl halides is 6. The van der Waals surface area contributed by atoms with E-state index in [4.69, 9.17) is 11.5 Å². The molecule has 4 nitrogen and oxygen atoms in total. The second-order valence-corrected chi connectivity index (χ2v) is 8.33. The Kier molecular flexibility index (Phi) is 6.68. The predicted molar refractivity (Wildman–Crippen MR) is 134 cm³/mol. The molecule has 0 bridgehead atoms. The molecule has 0 atom stereocenters. The summed E-state index contributed by atoms with van der Waals surface area (Å²) in [4.78, 5) is 0. The van der Waals surface area contributed by atoms with E-state index in [0.29, 0.717) is 23.5 Å². The van der Waals surface area contributed by atoms with Gasteiger partial charge in [0.15, 0.2) is 0 Å².